The quantitative estimate of drug-likeness (QED) is 0.624. The van der Waals surface area contributed by atoms with Crippen molar-refractivity contribution in [1.29, 1.82) is 0 Å². The summed E-state index contributed by atoms with van der Waals surface area (Å²) in [5.74, 6) is -0.317. The van der Waals surface area contributed by atoms with Crippen LogP contribution in [0.25, 0.3) is 11.1 Å². The van der Waals surface area contributed by atoms with Crippen molar-refractivity contribution in [2.75, 3.05) is 13.1 Å². The SMILES string of the molecule is O=C(Cc1ccccn1)NCCNC(=O)c1ccc(-c2cncnc2)cc1. The third kappa shape index (κ3) is 5.43. The summed E-state index contributed by atoms with van der Waals surface area (Å²) in [6, 6.07) is 12.6. The molecule has 0 bridgehead atoms. The molecule has 2 amide bonds. The molecular formula is C20H19N5O2. The first kappa shape index (κ1) is 18.2. The van der Waals surface area contributed by atoms with Crippen LogP contribution in [0.5, 0.6) is 0 Å². The average Bonchev–Trinajstić information content (AvgIpc) is 2.72. The minimum Gasteiger partial charge on any atom is -0.354 e. The van der Waals surface area contributed by atoms with Gasteiger partial charge in [-0.2, -0.15) is 0 Å². The molecule has 3 rings (SSSR count). The fraction of sp³-hybridized carbons (Fsp3) is 0.150. The van der Waals surface area contributed by atoms with E-state index in [9.17, 15) is 9.59 Å². The summed E-state index contributed by atoms with van der Waals surface area (Å²) < 4.78 is 0. The molecule has 2 aromatic heterocycles. The van der Waals surface area contributed by atoms with Gasteiger partial charge >= 0.3 is 0 Å². The molecule has 0 aliphatic heterocycles. The lowest BCUT2D eigenvalue weighted by molar-refractivity contribution is -0.120. The third-order valence-corrected chi connectivity index (χ3v) is 3.84. The molecule has 0 aliphatic carbocycles. The van der Waals surface area contributed by atoms with Gasteiger partial charge in [0.1, 0.15) is 6.33 Å². The smallest absolute Gasteiger partial charge is 0.251 e. The highest BCUT2D eigenvalue weighted by molar-refractivity contribution is 5.94. The Labute approximate surface area is 156 Å². The maximum atomic E-state index is 12.2. The van der Waals surface area contributed by atoms with Crippen LogP contribution in [0.15, 0.2) is 67.4 Å². The highest BCUT2D eigenvalue weighted by Gasteiger charge is 2.07. The molecular weight excluding hydrogens is 342 g/mol. The number of hydrogen-bond acceptors (Lipinski definition) is 5. The van der Waals surface area contributed by atoms with Crippen LogP contribution in [-0.2, 0) is 11.2 Å². The van der Waals surface area contributed by atoms with Gasteiger partial charge in [0.2, 0.25) is 5.91 Å². The van der Waals surface area contributed by atoms with Crippen LogP contribution in [-0.4, -0.2) is 39.9 Å². The molecule has 0 saturated heterocycles. The molecule has 2 heterocycles. The van der Waals surface area contributed by atoms with Gasteiger partial charge in [-0.1, -0.05) is 18.2 Å². The van der Waals surface area contributed by atoms with E-state index in [0.717, 1.165) is 11.1 Å². The molecule has 0 fully saturated rings. The Morgan fingerprint density at radius 2 is 1.59 bits per heavy atom. The van der Waals surface area contributed by atoms with E-state index >= 15 is 0 Å². The zero-order valence-corrected chi connectivity index (χ0v) is 14.6. The predicted molar refractivity (Wildman–Crippen MR) is 101 cm³/mol. The number of rotatable bonds is 7. The standard InChI is InChI=1S/C20H19N5O2/c26-19(11-18-3-1-2-8-23-18)24-9-10-25-20(27)16-6-4-15(5-7-16)17-12-21-14-22-13-17/h1-8,12-14H,9-11H2,(H,24,26)(H,25,27). The number of nitrogens with one attached hydrogen (secondary N) is 2. The third-order valence-electron chi connectivity index (χ3n) is 3.84. The lowest BCUT2D eigenvalue weighted by Gasteiger charge is -2.08. The normalized spacial score (nSPS) is 10.2. The van der Waals surface area contributed by atoms with E-state index in [4.69, 9.17) is 0 Å². The van der Waals surface area contributed by atoms with Gasteiger partial charge in [0.05, 0.1) is 6.42 Å². The molecule has 7 heteroatoms. The Morgan fingerprint density at radius 1 is 0.852 bits per heavy atom. The molecule has 0 atom stereocenters. The molecule has 0 aliphatic rings. The fourth-order valence-corrected chi connectivity index (χ4v) is 2.47. The highest BCUT2D eigenvalue weighted by atomic mass is 16.2. The zero-order chi connectivity index (χ0) is 18.9. The zero-order valence-electron chi connectivity index (χ0n) is 14.6. The second-order valence-electron chi connectivity index (χ2n) is 5.81. The molecule has 0 unspecified atom stereocenters. The lowest BCUT2D eigenvalue weighted by Crippen LogP contribution is -2.35. The lowest BCUT2D eigenvalue weighted by atomic mass is 10.1. The number of nitrogens with zero attached hydrogens (tertiary/aromatic N) is 3. The van der Waals surface area contributed by atoms with E-state index in [1.54, 1.807) is 42.9 Å². The summed E-state index contributed by atoms with van der Waals surface area (Å²) in [5.41, 5.74) is 3.09. The van der Waals surface area contributed by atoms with Crippen LogP contribution in [0.4, 0.5) is 0 Å². The second kappa shape index (κ2) is 9.19. The van der Waals surface area contributed by atoms with Crippen LogP contribution in [0.3, 0.4) is 0 Å². The number of carbonyl (C=O) groups is 2. The van der Waals surface area contributed by atoms with Crippen molar-refractivity contribution in [3.05, 3.63) is 78.6 Å². The van der Waals surface area contributed by atoms with Crippen molar-refractivity contribution in [3.8, 4) is 11.1 Å². The maximum absolute atomic E-state index is 12.2. The summed E-state index contributed by atoms with van der Waals surface area (Å²) in [6.45, 7) is 0.706. The first-order valence-corrected chi connectivity index (χ1v) is 8.52. The number of hydrogen-bond donors (Lipinski definition) is 2. The first-order chi connectivity index (χ1) is 13.2. The number of carbonyl (C=O) groups excluding carboxylic acids is 2. The Morgan fingerprint density at radius 3 is 2.30 bits per heavy atom. The molecule has 2 N–H and O–H groups in total. The fourth-order valence-electron chi connectivity index (χ4n) is 2.47. The van der Waals surface area contributed by atoms with E-state index in [2.05, 4.69) is 25.6 Å². The number of aromatic nitrogens is 3. The van der Waals surface area contributed by atoms with Crippen LogP contribution in [0.1, 0.15) is 16.1 Å². The molecule has 27 heavy (non-hydrogen) atoms. The van der Waals surface area contributed by atoms with Crippen molar-refractivity contribution in [2.45, 2.75) is 6.42 Å². The number of pyridine rings is 1. The Bertz CT molecular complexity index is 883. The van der Waals surface area contributed by atoms with Gasteiger partial charge in [-0.25, -0.2) is 9.97 Å². The minimum atomic E-state index is -0.190. The van der Waals surface area contributed by atoms with Gasteiger partial charge < -0.3 is 10.6 Å². The largest absolute Gasteiger partial charge is 0.354 e. The van der Waals surface area contributed by atoms with Crippen LogP contribution in [0, 0.1) is 0 Å². The predicted octanol–water partition coefficient (Wildman–Crippen LogP) is 1.63. The van der Waals surface area contributed by atoms with Gasteiger partial charge in [0.25, 0.3) is 5.91 Å². The molecule has 0 spiro atoms. The topological polar surface area (TPSA) is 96.9 Å². The summed E-state index contributed by atoms with van der Waals surface area (Å²) in [7, 11) is 0. The molecule has 3 aromatic rings. The molecule has 7 nitrogen and oxygen atoms in total. The minimum absolute atomic E-state index is 0.127. The summed E-state index contributed by atoms with van der Waals surface area (Å²) in [6.07, 6.45) is 6.78. The van der Waals surface area contributed by atoms with Gasteiger partial charge in [0.15, 0.2) is 0 Å². The summed E-state index contributed by atoms with van der Waals surface area (Å²) >= 11 is 0. The molecule has 0 saturated carbocycles. The average molecular weight is 361 g/mol. The van der Waals surface area contributed by atoms with E-state index in [0.29, 0.717) is 24.3 Å². The van der Waals surface area contributed by atoms with E-state index in [1.165, 1.54) is 6.33 Å². The summed E-state index contributed by atoms with van der Waals surface area (Å²) in [5, 5.41) is 5.54. The van der Waals surface area contributed by atoms with E-state index in [-0.39, 0.29) is 18.2 Å². The van der Waals surface area contributed by atoms with E-state index < -0.39 is 0 Å². The van der Waals surface area contributed by atoms with Gasteiger partial charge in [-0.15, -0.1) is 0 Å². The van der Waals surface area contributed by atoms with Crippen LogP contribution >= 0.6 is 0 Å². The van der Waals surface area contributed by atoms with Crippen molar-refractivity contribution in [1.82, 2.24) is 25.6 Å². The number of amides is 2. The monoisotopic (exact) mass is 361 g/mol. The Balaban J connectivity index is 1.42. The Hall–Kier alpha value is -3.61. The van der Waals surface area contributed by atoms with Crippen molar-refractivity contribution >= 4 is 11.8 Å². The molecule has 136 valence electrons. The van der Waals surface area contributed by atoms with Crippen LogP contribution in [0.2, 0.25) is 0 Å². The van der Waals surface area contributed by atoms with Crippen LogP contribution < -0.4 is 10.6 Å². The van der Waals surface area contributed by atoms with Gasteiger partial charge in [-0.3, -0.25) is 14.6 Å². The summed E-state index contributed by atoms with van der Waals surface area (Å²) in [4.78, 5) is 36.1. The van der Waals surface area contributed by atoms with Crippen molar-refractivity contribution in [2.24, 2.45) is 0 Å². The highest BCUT2D eigenvalue weighted by Crippen LogP contribution is 2.17. The van der Waals surface area contributed by atoms with Crippen molar-refractivity contribution in [3.63, 3.8) is 0 Å². The maximum Gasteiger partial charge on any atom is 0.251 e. The first-order valence-electron chi connectivity index (χ1n) is 8.52. The Kier molecular flexibility index (Phi) is 6.19. The molecule has 0 radical (unpaired) electrons. The van der Waals surface area contributed by atoms with Crippen molar-refractivity contribution < 1.29 is 9.59 Å². The molecule has 1 aromatic carbocycles. The second-order valence-corrected chi connectivity index (χ2v) is 5.81. The number of benzene rings is 1. The van der Waals surface area contributed by atoms with E-state index in [1.807, 2.05) is 18.2 Å². The van der Waals surface area contributed by atoms with Gasteiger partial charge in [0, 0.05) is 48.5 Å². The van der Waals surface area contributed by atoms with Gasteiger partial charge in [-0.05, 0) is 29.8 Å².